The molecule has 1 amide bonds. The third-order valence-corrected chi connectivity index (χ3v) is 4.31. The van der Waals surface area contributed by atoms with Crippen LogP contribution in [0.4, 0.5) is 0 Å². The molecule has 0 saturated carbocycles. The Balaban J connectivity index is 2.14. The summed E-state index contributed by atoms with van der Waals surface area (Å²) in [6.45, 7) is 2.01. The zero-order valence-electron chi connectivity index (χ0n) is 11.0. The van der Waals surface area contributed by atoms with Crippen molar-refractivity contribution < 1.29 is 4.79 Å². The summed E-state index contributed by atoms with van der Waals surface area (Å²) in [6, 6.07) is 8.21. The lowest BCUT2D eigenvalue weighted by atomic mass is 10.0. The first-order valence-electron chi connectivity index (χ1n) is 6.35. The van der Waals surface area contributed by atoms with Crippen LogP contribution in [0.25, 0.3) is 0 Å². The SMILES string of the molecule is CSc1ccccc1C(=O)N(C)C1CCNCC1. The number of benzene rings is 1. The highest BCUT2D eigenvalue weighted by molar-refractivity contribution is 7.98. The molecule has 0 radical (unpaired) electrons. The van der Waals surface area contributed by atoms with E-state index >= 15 is 0 Å². The molecule has 1 aromatic rings. The van der Waals surface area contributed by atoms with E-state index in [4.69, 9.17) is 0 Å². The van der Waals surface area contributed by atoms with Crippen molar-refractivity contribution >= 4 is 17.7 Å². The lowest BCUT2D eigenvalue weighted by Gasteiger charge is -2.32. The number of thioether (sulfide) groups is 1. The van der Waals surface area contributed by atoms with E-state index in [1.54, 1.807) is 11.8 Å². The topological polar surface area (TPSA) is 32.3 Å². The Morgan fingerprint density at radius 2 is 2.00 bits per heavy atom. The van der Waals surface area contributed by atoms with Crippen LogP contribution in [0.15, 0.2) is 29.2 Å². The van der Waals surface area contributed by atoms with E-state index in [2.05, 4.69) is 5.32 Å². The Kier molecular flexibility index (Phi) is 4.66. The lowest BCUT2D eigenvalue weighted by molar-refractivity contribution is 0.0700. The van der Waals surface area contributed by atoms with Gasteiger partial charge in [-0.1, -0.05) is 12.1 Å². The third-order valence-electron chi connectivity index (χ3n) is 3.51. The summed E-state index contributed by atoms with van der Waals surface area (Å²) in [5.41, 5.74) is 0.825. The predicted octanol–water partition coefficient (Wildman–Crippen LogP) is 2.23. The number of amides is 1. The highest BCUT2D eigenvalue weighted by atomic mass is 32.2. The molecule has 2 rings (SSSR count). The number of nitrogens with one attached hydrogen (secondary N) is 1. The van der Waals surface area contributed by atoms with Gasteiger partial charge in [-0.05, 0) is 44.3 Å². The van der Waals surface area contributed by atoms with Crippen LogP contribution in [0.2, 0.25) is 0 Å². The van der Waals surface area contributed by atoms with E-state index in [0.717, 1.165) is 36.4 Å². The number of piperidine rings is 1. The Hall–Kier alpha value is -1.00. The summed E-state index contributed by atoms with van der Waals surface area (Å²) in [5.74, 6) is 0.145. The molecule has 1 aliphatic heterocycles. The monoisotopic (exact) mass is 264 g/mol. The van der Waals surface area contributed by atoms with Crippen LogP contribution in [-0.4, -0.2) is 43.2 Å². The molecule has 0 spiro atoms. The smallest absolute Gasteiger partial charge is 0.254 e. The average Bonchev–Trinajstić information content (AvgIpc) is 2.46. The predicted molar refractivity (Wildman–Crippen MR) is 76.2 cm³/mol. The van der Waals surface area contributed by atoms with Gasteiger partial charge in [-0.2, -0.15) is 0 Å². The number of carbonyl (C=O) groups is 1. The maximum atomic E-state index is 12.5. The largest absolute Gasteiger partial charge is 0.339 e. The highest BCUT2D eigenvalue weighted by Gasteiger charge is 2.23. The zero-order chi connectivity index (χ0) is 13.0. The van der Waals surface area contributed by atoms with Crippen LogP contribution in [0.5, 0.6) is 0 Å². The number of hydrogen-bond donors (Lipinski definition) is 1. The van der Waals surface area contributed by atoms with E-state index in [-0.39, 0.29) is 5.91 Å². The molecule has 1 heterocycles. The van der Waals surface area contributed by atoms with Gasteiger partial charge >= 0.3 is 0 Å². The van der Waals surface area contributed by atoms with Gasteiger partial charge in [-0.25, -0.2) is 0 Å². The van der Waals surface area contributed by atoms with Crippen LogP contribution in [-0.2, 0) is 0 Å². The minimum atomic E-state index is 0.145. The van der Waals surface area contributed by atoms with Crippen LogP contribution < -0.4 is 5.32 Å². The van der Waals surface area contributed by atoms with Gasteiger partial charge in [0.25, 0.3) is 5.91 Å². The maximum Gasteiger partial charge on any atom is 0.254 e. The van der Waals surface area contributed by atoms with Crippen LogP contribution in [0.1, 0.15) is 23.2 Å². The molecule has 1 aromatic carbocycles. The molecule has 1 aliphatic rings. The first kappa shape index (κ1) is 13.4. The first-order valence-corrected chi connectivity index (χ1v) is 7.57. The number of carbonyl (C=O) groups excluding carboxylic acids is 1. The standard InChI is InChI=1S/C14H20N2OS/c1-16(11-7-9-15-10-8-11)14(17)12-5-3-4-6-13(12)18-2/h3-6,11,15H,7-10H2,1-2H3. The molecule has 3 nitrogen and oxygen atoms in total. The van der Waals surface area contributed by atoms with Gasteiger partial charge in [0.15, 0.2) is 0 Å². The fraction of sp³-hybridized carbons (Fsp3) is 0.500. The first-order chi connectivity index (χ1) is 8.74. The molecule has 0 aromatic heterocycles. The van der Waals surface area contributed by atoms with E-state index < -0.39 is 0 Å². The van der Waals surface area contributed by atoms with Gasteiger partial charge in [0.2, 0.25) is 0 Å². The van der Waals surface area contributed by atoms with Crippen molar-refractivity contribution in [3.63, 3.8) is 0 Å². The normalized spacial score (nSPS) is 16.6. The third kappa shape index (κ3) is 2.87. The van der Waals surface area contributed by atoms with Crippen molar-refractivity contribution in [2.24, 2.45) is 0 Å². The second kappa shape index (κ2) is 6.25. The number of rotatable bonds is 3. The number of hydrogen-bond acceptors (Lipinski definition) is 3. The van der Waals surface area contributed by atoms with Gasteiger partial charge < -0.3 is 10.2 Å². The summed E-state index contributed by atoms with van der Waals surface area (Å²) in [4.78, 5) is 15.5. The lowest BCUT2D eigenvalue weighted by Crippen LogP contribution is -2.44. The molecule has 0 unspecified atom stereocenters. The second-order valence-corrected chi connectivity index (χ2v) is 5.45. The molecule has 1 fully saturated rings. The van der Waals surface area contributed by atoms with Crippen molar-refractivity contribution in [3.8, 4) is 0 Å². The van der Waals surface area contributed by atoms with Crippen molar-refractivity contribution in [1.29, 1.82) is 0 Å². The molecule has 18 heavy (non-hydrogen) atoms. The summed E-state index contributed by atoms with van der Waals surface area (Å²) < 4.78 is 0. The second-order valence-electron chi connectivity index (χ2n) is 4.60. The van der Waals surface area contributed by atoms with Crippen LogP contribution >= 0.6 is 11.8 Å². The Morgan fingerprint density at radius 3 is 2.67 bits per heavy atom. The molecule has 98 valence electrons. The van der Waals surface area contributed by atoms with E-state index in [0.29, 0.717) is 6.04 Å². The molecule has 0 aliphatic carbocycles. The summed E-state index contributed by atoms with van der Waals surface area (Å²) in [6.07, 6.45) is 4.10. The van der Waals surface area contributed by atoms with Gasteiger partial charge in [0, 0.05) is 18.0 Å². The molecule has 0 bridgehead atoms. The Bertz CT molecular complexity index is 416. The molecular weight excluding hydrogens is 244 g/mol. The van der Waals surface area contributed by atoms with E-state index in [9.17, 15) is 4.79 Å². The Labute approximate surface area is 113 Å². The number of nitrogens with zero attached hydrogens (tertiary/aromatic N) is 1. The van der Waals surface area contributed by atoms with Crippen LogP contribution in [0.3, 0.4) is 0 Å². The quantitative estimate of drug-likeness (QED) is 0.850. The van der Waals surface area contributed by atoms with Crippen molar-refractivity contribution in [3.05, 3.63) is 29.8 Å². The average molecular weight is 264 g/mol. The molecule has 1 N–H and O–H groups in total. The van der Waals surface area contributed by atoms with Gasteiger partial charge in [-0.15, -0.1) is 11.8 Å². The van der Waals surface area contributed by atoms with Crippen molar-refractivity contribution in [2.75, 3.05) is 26.4 Å². The summed E-state index contributed by atoms with van der Waals surface area (Å²) in [7, 11) is 1.93. The minimum Gasteiger partial charge on any atom is -0.339 e. The van der Waals surface area contributed by atoms with Gasteiger partial charge in [-0.3, -0.25) is 4.79 Å². The summed E-state index contributed by atoms with van der Waals surface area (Å²) >= 11 is 1.63. The van der Waals surface area contributed by atoms with Gasteiger partial charge in [0.05, 0.1) is 5.56 Å². The van der Waals surface area contributed by atoms with Crippen molar-refractivity contribution in [1.82, 2.24) is 10.2 Å². The van der Waals surface area contributed by atoms with E-state index in [1.165, 1.54) is 0 Å². The zero-order valence-corrected chi connectivity index (χ0v) is 11.8. The van der Waals surface area contributed by atoms with Gasteiger partial charge in [0.1, 0.15) is 0 Å². The van der Waals surface area contributed by atoms with Crippen LogP contribution in [0, 0.1) is 0 Å². The molecule has 0 atom stereocenters. The minimum absolute atomic E-state index is 0.145. The molecule has 4 heteroatoms. The Morgan fingerprint density at radius 1 is 1.33 bits per heavy atom. The molecular formula is C14H20N2OS. The summed E-state index contributed by atoms with van der Waals surface area (Å²) in [5, 5.41) is 3.33. The highest BCUT2D eigenvalue weighted by Crippen LogP contribution is 2.22. The maximum absolute atomic E-state index is 12.5. The fourth-order valence-electron chi connectivity index (χ4n) is 2.37. The fourth-order valence-corrected chi connectivity index (χ4v) is 2.96. The van der Waals surface area contributed by atoms with Crippen molar-refractivity contribution in [2.45, 2.75) is 23.8 Å². The van der Waals surface area contributed by atoms with E-state index in [1.807, 2.05) is 42.5 Å². The molecule has 1 saturated heterocycles.